The summed E-state index contributed by atoms with van der Waals surface area (Å²) in [4.78, 5) is 14.1. The molecular formula is C15H27ClF2N2O. The number of hydrogen-bond acceptors (Lipinski definition) is 2. The smallest absolute Gasteiger partial charge is 0.262 e. The highest BCUT2D eigenvalue weighted by Gasteiger charge is 2.43. The van der Waals surface area contributed by atoms with E-state index < -0.39 is 12.0 Å². The maximum atomic E-state index is 13.2. The maximum Gasteiger partial charge on any atom is 0.262 e. The van der Waals surface area contributed by atoms with E-state index in [9.17, 15) is 13.6 Å². The van der Waals surface area contributed by atoms with Gasteiger partial charge in [0.25, 0.3) is 5.92 Å². The van der Waals surface area contributed by atoms with Crippen LogP contribution in [0.3, 0.4) is 0 Å². The van der Waals surface area contributed by atoms with Crippen molar-refractivity contribution in [1.82, 2.24) is 10.2 Å². The second-order valence-electron chi connectivity index (χ2n) is 7.31. The van der Waals surface area contributed by atoms with Gasteiger partial charge in [0.2, 0.25) is 5.91 Å². The van der Waals surface area contributed by atoms with Crippen LogP contribution in [0.2, 0.25) is 0 Å². The van der Waals surface area contributed by atoms with Gasteiger partial charge in [-0.25, -0.2) is 8.78 Å². The highest BCUT2D eigenvalue weighted by molar-refractivity contribution is 5.85. The number of nitrogens with one attached hydrogen (secondary N) is 1. The molecule has 0 aliphatic carbocycles. The summed E-state index contributed by atoms with van der Waals surface area (Å²) >= 11 is 0. The van der Waals surface area contributed by atoms with E-state index >= 15 is 0 Å². The number of halogens is 3. The minimum Gasteiger partial charge on any atom is -0.341 e. The molecule has 0 spiro atoms. The van der Waals surface area contributed by atoms with E-state index in [1.807, 2.05) is 0 Å². The fourth-order valence-corrected chi connectivity index (χ4v) is 3.29. The minimum absolute atomic E-state index is 0. The summed E-state index contributed by atoms with van der Waals surface area (Å²) in [6.07, 6.45) is 2.70. The maximum absolute atomic E-state index is 13.2. The molecule has 2 aliphatic rings. The molecule has 0 radical (unpaired) electrons. The average molecular weight is 325 g/mol. The predicted molar refractivity (Wildman–Crippen MR) is 82.0 cm³/mol. The molecule has 0 aromatic heterocycles. The van der Waals surface area contributed by atoms with Crippen molar-refractivity contribution in [2.45, 2.75) is 58.4 Å². The van der Waals surface area contributed by atoms with E-state index in [1.165, 1.54) is 0 Å². The van der Waals surface area contributed by atoms with Crippen LogP contribution in [0.25, 0.3) is 0 Å². The molecule has 0 saturated carbocycles. The molecule has 0 aromatic carbocycles. The van der Waals surface area contributed by atoms with E-state index in [2.05, 4.69) is 26.1 Å². The molecule has 2 aliphatic heterocycles. The van der Waals surface area contributed by atoms with Crippen LogP contribution >= 0.6 is 12.4 Å². The minimum atomic E-state index is -2.74. The van der Waals surface area contributed by atoms with Gasteiger partial charge in [0, 0.05) is 19.5 Å². The predicted octanol–water partition coefficient (Wildman–Crippen LogP) is 3.08. The Morgan fingerprint density at radius 1 is 1.24 bits per heavy atom. The topological polar surface area (TPSA) is 32.3 Å². The lowest BCUT2D eigenvalue weighted by Crippen LogP contribution is -2.44. The second kappa shape index (κ2) is 6.78. The Labute approximate surface area is 132 Å². The summed E-state index contributed by atoms with van der Waals surface area (Å²) in [5.41, 5.74) is 0.248. The third-order valence-electron chi connectivity index (χ3n) is 4.67. The van der Waals surface area contributed by atoms with Gasteiger partial charge in [0.1, 0.15) is 0 Å². The Balaban J connectivity index is 0.00000220. The molecule has 2 saturated heterocycles. The molecule has 2 rings (SSSR count). The van der Waals surface area contributed by atoms with Gasteiger partial charge in [-0.15, -0.1) is 12.4 Å². The molecule has 2 atom stereocenters. The molecule has 0 aromatic rings. The average Bonchev–Trinajstić information content (AvgIpc) is 2.56. The van der Waals surface area contributed by atoms with Crippen LogP contribution in [0, 0.1) is 11.3 Å². The lowest BCUT2D eigenvalue weighted by atomic mass is 9.77. The first-order chi connectivity index (χ1) is 9.19. The van der Waals surface area contributed by atoms with Crippen molar-refractivity contribution in [1.29, 1.82) is 0 Å². The molecule has 2 fully saturated rings. The molecule has 0 bridgehead atoms. The Morgan fingerprint density at radius 2 is 1.90 bits per heavy atom. The molecule has 21 heavy (non-hydrogen) atoms. The van der Waals surface area contributed by atoms with E-state index in [1.54, 1.807) is 4.90 Å². The third-order valence-corrected chi connectivity index (χ3v) is 4.67. The van der Waals surface area contributed by atoms with Crippen molar-refractivity contribution in [3.8, 4) is 0 Å². The third kappa shape index (κ3) is 4.78. The SMILES string of the molecule is CC(C)(C)C1CCCN(C(=O)C2CC(F)(F)CN2)CC1.Cl. The largest absolute Gasteiger partial charge is 0.341 e. The van der Waals surface area contributed by atoms with Gasteiger partial charge >= 0.3 is 0 Å². The zero-order chi connectivity index (χ0) is 15.0. The van der Waals surface area contributed by atoms with Crippen LogP contribution in [-0.2, 0) is 4.79 Å². The number of alkyl halides is 2. The molecule has 6 heteroatoms. The fraction of sp³-hybridized carbons (Fsp3) is 0.933. The summed E-state index contributed by atoms with van der Waals surface area (Å²) in [6, 6.07) is -0.698. The lowest BCUT2D eigenvalue weighted by Gasteiger charge is -2.30. The Hall–Kier alpha value is -0.420. The number of likely N-dealkylation sites (tertiary alicyclic amines) is 1. The fourth-order valence-electron chi connectivity index (χ4n) is 3.29. The summed E-state index contributed by atoms with van der Waals surface area (Å²) in [6.45, 7) is 7.72. The number of nitrogens with zero attached hydrogens (tertiary/aromatic N) is 1. The summed E-state index contributed by atoms with van der Waals surface area (Å²) in [7, 11) is 0. The molecule has 124 valence electrons. The van der Waals surface area contributed by atoms with Gasteiger partial charge in [-0.3, -0.25) is 10.1 Å². The van der Waals surface area contributed by atoms with Crippen LogP contribution in [-0.4, -0.2) is 42.4 Å². The Bertz CT molecular complexity index is 371. The van der Waals surface area contributed by atoms with E-state index in [4.69, 9.17) is 0 Å². The van der Waals surface area contributed by atoms with Gasteiger partial charge in [-0.2, -0.15) is 0 Å². The highest BCUT2D eigenvalue weighted by atomic mass is 35.5. The number of carbonyl (C=O) groups is 1. The van der Waals surface area contributed by atoms with Crippen molar-refractivity contribution >= 4 is 18.3 Å². The van der Waals surface area contributed by atoms with Gasteiger partial charge < -0.3 is 4.90 Å². The number of rotatable bonds is 1. The van der Waals surface area contributed by atoms with Gasteiger partial charge in [-0.1, -0.05) is 20.8 Å². The van der Waals surface area contributed by atoms with Gasteiger partial charge in [-0.05, 0) is 30.6 Å². The number of hydrogen-bond donors (Lipinski definition) is 1. The Morgan fingerprint density at radius 3 is 2.43 bits per heavy atom. The van der Waals surface area contributed by atoms with Crippen LogP contribution in [0.15, 0.2) is 0 Å². The van der Waals surface area contributed by atoms with Crippen molar-refractivity contribution in [2.75, 3.05) is 19.6 Å². The van der Waals surface area contributed by atoms with Crippen LogP contribution in [0.4, 0.5) is 8.78 Å². The summed E-state index contributed by atoms with van der Waals surface area (Å²) in [5, 5.41) is 2.66. The molecule has 2 unspecified atom stereocenters. The van der Waals surface area contributed by atoms with E-state index in [-0.39, 0.29) is 36.7 Å². The van der Waals surface area contributed by atoms with Crippen molar-refractivity contribution in [3.05, 3.63) is 0 Å². The normalized spacial score (nSPS) is 29.7. The first kappa shape index (κ1) is 18.6. The van der Waals surface area contributed by atoms with E-state index in [0.29, 0.717) is 19.0 Å². The second-order valence-corrected chi connectivity index (χ2v) is 7.31. The number of carbonyl (C=O) groups excluding carboxylic acids is 1. The molecule has 3 nitrogen and oxygen atoms in total. The van der Waals surface area contributed by atoms with Crippen molar-refractivity contribution in [2.24, 2.45) is 11.3 Å². The summed E-state index contributed by atoms with van der Waals surface area (Å²) < 4.78 is 26.4. The molecular weight excluding hydrogens is 298 g/mol. The van der Waals surface area contributed by atoms with Crippen molar-refractivity contribution < 1.29 is 13.6 Å². The summed E-state index contributed by atoms with van der Waals surface area (Å²) in [5.74, 6) is -2.28. The Kier molecular flexibility index (Phi) is 6.01. The quantitative estimate of drug-likeness (QED) is 0.804. The standard InChI is InChI=1S/C15H26F2N2O.ClH/c1-14(2,3)11-5-4-7-19(8-6-11)13(20)12-9-15(16,17)10-18-12;/h11-12,18H,4-10H2,1-3H3;1H. The zero-order valence-electron chi connectivity index (χ0n) is 13.1. The van der Waals surface area contributed by atoms with Crippen molar-refractivity contribution in [3.63, 3.8) is 0 Å². The van der Waals surface area contributed by atoms with Crippen LogP contribution in [0.1, 0.15) is 46.5 Å². The first-order valence-electron chi connectivity index (χ1n) is 7.59. The number of amides is 1. The molecule has 2 heterocycles. The van der Waals surface area contributed by atoms with Gasteiger partial charge in [0.05, 0.1) is 12.6 Å². The molecule has 1 amide bonds. The van der Waals surface area contributed by atoms with Crippen LogP contribution < -0.4 is 5.32 Å². The lowest BCUT2D eigenvalue weighted by molar-refractivity contribution is -0.133. The van der Waals surface area contributed by atoms with Gasteiger partial charge in [0.15, 0.2) is 0 Å². The monoisotopic (exact) mass is 324 g/mol. The van der Waals surface area contributed by atoms with E-state index in [0.717, 1.165) is 19.3 Å². The zero-order valence-corrected chi connectivity index (χ0v) is 13.9. The first-order valence-corrected chi connectivity index (χ1v) is 7.59. The van der Waals surface area contributed by atoms with Crippen LogP contribution in [0.5, 0.6) is 0 Å². The molecule has 1 N–H and O–H groups in total. The highest BCUT2D eigenvalue weighted by Crippen LogP contribution is 2.34.